The number of rotatable bonds is 2. The minimum Gasteiger partial charge on any atom is -0.213 e. The smallest absolute Gasteiger partial charge is 0.213 e. The van der Waals surface area contributed by atoms with E-state index in [1.807, 2.05) is 0 Å². The summed E-state index contributed by atoms with van der Waals surface area (Å²) in [7, 11) is 0.989. The Labute approximate surface area is 85.1 Å². The quantitative estimate of drug-likeness (QED) is 0.696. The summed E-state index contributed by atoms with van der Waals surface area (Å²) >= 11 is 5.72. The molecule has 0 N–H and O–H groups in total. The Hall–Kier alpha value is -0.740. The zero-order valence-electron chi connectivity index (χ0n) is 7.48. The molecule has 0 heterocycles. The van der Waals surface area contributed by atoms with E-state index in [1.165, 1.54) is 0 Å². The second-order valence-corrected chi connectivity index (χ2v) is 3.32. The lowest BCUT2D eigenvalue weighted by atomic mass is 10.2. The minimum absolute atomic E-state index is 0.233. The molecule has 0 saturated carbocycles. The zero-order chi connectivity index (χ0) is 10.8. The molecule has 0 aliphatic heterocycles. The van der Waals surface area contributed by atoms with Crippen molar-refractivity contribution in [1.29, 1.82) is 0 Å². The minimum atomic E-state index is -4.32. The number of halogens is 4. The largest absolute Gasteiger partial charge is 0.459 e. The summed E-state index contributed by atoms with van der Waals surface area (Å²) in [4.78, 5) is 0.286. The zero-order valence-corrected chi connectivity index (χ0v) is 8.23. The Bertz CT molecular complexity index is 311. The highest BCUT2D eigenvalue weighted by molar-refractivity contribution is 6.31. The van der Waals surface area contributed by atoms with Gasteiger partial charge in [0.25, 0.3) is 0 Å². The van der Waals surface area contributed by atoms with E-state index in [4.69, 9.17) is 11.6 Å². The van der Waals surface area contributed by atoms with Gasteiger partial charge in [0.15, 0.2) is 0 Å². The highest BCUT2D eigenvalue weighted by atomic mass is 35.5. The summed E-state index contributed by atoms with van der Waals surface area (Å²) in [5.74, 6) is 0. The van der Waals surface area contributed by atoms with Gasteiger partial charge >= 0.3 is 6.30 Å². The number of hydrogen-bond donors (Lipinski definition) is 0. The van der Waals surface area contributed by atoms with Crippen LogP contribution in [-0.2, 0) is 6.54 Å². The van der Waals surface area contributed by atoms with Crippen LogP contribution in [0.15, 0.2) is 24.3 Å². The monoisotopic (exact) mass is 223 g/mol. The van der Waals surface area contributed by atoms with E-state index in [9.17, 15) is 13.2 Å². The molecular formula is C9H9ClF3N. The maximum atomic E-state index is 12.1. The molecule has 1 nitrogen and oxygen atoms in total. The van der Waals surface area contributed by atoms with Gasteiger partial charge < -0.3 is 0 Å². The number of benzene rings is 1. The van der Waals surface area contributed by atoms with E-state index >= 15 is 0 Å². The first-order valence-electron chi connectivity index (χ1n) is 3.92. The van der Waals surface area contributed by atoms with Crippen molar-refractivity contribution in [3.8, 4) is 0 Å². The van der Waals surface area contributed by atoms with Gasteiger partial charge in [-0.2, -0.15) is 13.2 Å². The predicted octanol–water partition coefficient (Wildman–Crippen LogP) is 3.29. The van der Waals surface area contributed by atoms with Crippen LogP contribution in [0.4, 0.5) is 13.2 Å². The van der Waals surface area contributed by atoms with Crippen molar-refractivity contribution in [1.82, 2.24) is 4.90 Å². The molecule has 5 heteroatoms. The maximum absolute atomic E-state index is 12.1. The third-order valence-corrected chi connectivity index (χ3v) is 2.17. The van der Waals surface area contributed by atoms with Gasteiger partial charge in [0, 0.05) is 11.6 Å². The Morgan fingerprint density at radius 1 is 1.29 bits per heavy atom. The molecule has 0 spiro atoms. The molecule has 0 atom stereocenters. The molecule has 0 bridgehead atoms. The first-order chi connectivity index (χ1) is 6.41. The lowest BCUT2D eigenvalue weighted by molar-refractivity contribution is -0.240. The van der Waals surface area contributed by atoms with Gasteiger partial charge in [-0.05, 0) is 18.7 Å². The van der Waals surface area contributed by atoms with Gasteiger partial charge in [-0.3, -0.25) is 0 Å². The average Bonchev–Trinajstić information content (AvgIpc) is 2.07. The molecule has 0 unspecified atom stereocenters. The molecule has 1 aromatic carbocycles. The second-order valence-electron chi connectivity index (χ2n) is 2.92. The van der Waals surface area contributed by atoms with E-state index in [-0.39, 0.29) is 11.4 Å². The van der Waals surface area contributed by atoms with Crippen LogP contribution in [0, 0.1) is 0 Å². The second kappa shape index (κ2) is 4.19. The molecule has 14 heavy (non-hydrogen) atoms. The Morgan fingerprint density at radius 3 is 2.36 bits per heavy atom. The lowest BCUT2D eigenvalue weighted by Crippen LogP contribution is -2.33. The molecule has 78 valence electrons. The fraction of sp³-hybridized carbons (Fsp3) is 0.333. The van der Waals surface area contributed by atoms with Gasteiger partial charge in [-0.25, -0.2) is 4.90 Å². The predicted molar refractivity (Wildman–Crippen MR) is 49.0 cm³/mol. The van der Waals surface area contributed by atoms with Crippen LogP contribution in [0.5, 0.6) is 0 Å². The van der Waals surface area contributed by atoms with Crippen LogP contribution in [0.25, 0.3) is 0 Å². The highest BCUT2D eigenvalue weighted by Gasteiger charge is 2.33. The highest BCUT2D eigenvalue weighted by Crippen LogP contribution is 2.24. The summed E-state index contributed by atoms with van der Waals surface area (Å²) < 4.78 is 36.4. The van der Waals surface area contributed by atoms with Crippen molar-refractivity contribution in [3.63, 3.8) is 0 Å². The fourth-order valence-corrected chi connectivity index (χ4v) is 1.17. The van der Waals surface area contributed by atoms with E-state index in [0.29, 0.717) is 10.6 Å². The first-order valence-corrected chi connectivity index (χ1v) is 4.30. The van der Waals surface area contributed by atoms with Gasteiger partial charge in [0.05, 0.1) is 0 Å². The Kier molecular flexibility index (Phi) is 3.39. The van der Waals surface area contributed by atoms with Crippen LogP contribution in [0.1, 0.15) is 5.56 Å². The molecule has 0 radical (unpaired) electrons. The summed E-state index contributed by atoms with van der Waals surface area (Å²) in [6, 6.07) is 6.48. The van der Waals surface area contributed by atoms with Gasteiger partial charge in [0.1, 0.15) is 0 Å². The van der Waals surface area contributed by atoms with Gasteiger partial charge in [-0.15, -0.1) is 0 Å². The molecule has 0 saturated heterocycles. The normalized spacial score (nSPS) is 12.1. The van der Waals surface area contributed by atoms with Crippen molar-refractivity contribution < 1.29 is 13.2 Å². The van der Waals surface area contributed by atoms with Crippen LogP contribution < -0.4 is 0 Å². The van der Waals surface area contributed by atoms with Crippen LogP contribution >= 0.6 is 11.6 Å². The third kappa shape index (κ3) is 2.89. The maximum Gasteiger partial charge on any atom is 0.459 e. The van der Waals surface area contributed by atoms with Crippen LogP contribution in [0.3, 0.4) is 0 Å². The van der Waals surface area contributed by atoms with Crippen LogP contribution in [0.2, 0.25) is 5.02 Å². The first kappa shape index (κ1) is 11.3. The molecule has 0 amide bonds. The lowest BCUT2D eigenvalue weighted by Gasteiger charge is -2.20. The van der Waals surface area contributed by atoms with Crippen molar-refractivity contribution in [2.45, 2.75) is 12.8 Å². The van der Waals surface area contributed by atoms with Gasteiger partial charge in [0.2, 0.25) is 0 Å². The summed E-state index contributed by atoms with van der Waals surface area (Å²) in [6.45, 7) is -0.233. The molecule has 1 rings (SSSR count). The summed E-state index contributed by atoms with van der Waals surface area (Å²) in [5, 5.41) is 0.351. The average molecular weight is 224 g/mol. The molecule has 0 aliphatic carbocycles. The van der Waals surface area contributed by atoms with E-state index in [2.05, 4.69) is 0 Å². The molecule has 0 fully saturated rings. The standard InChI is InChI=1S/C9H9ClF3N/c1-14(9(11,12)13)6-7-4-2-3-5-8(7)10/h2-5H,6H2,1H3. The SMILES string of the molecule is CN(Cc1ccccc1Cl)C(F)(F)F. The molecule has 0 aliphatic rings. The third-order valence-electron chi connectivity index (χ3n) is 1.80. The molecular weight excluding hydrogens is 215 g/mol. The van der Waals surface area contributed by atoms with E-state index in [1.54, 1.807) is 24.3 Å². The van der Waals surface area contributed by atoms with Crippen molar-refractivity contribution >= 4 is 11.6 Å². The topological polar surface area (TPSA) is 3.24 Å². The molecule has 1 aromatic rings. The Morgan fingerprint density at radius 2 is 1.86 bits per heavy atom. The van der Waals surface area contributed by atoms with Crippen molar-refractivity contribution in [2.75, 3.05) is 7.05 Å². The summed E-state index contributed by atoms with van der Waals surface area (Å²) in [6.07, 6.45) is -4.32. The van der Waals surface area contributed by atoms with E-state index in [0.717, 1.165) is 7.05 Å². The number of alkyl halides is 3. The van der Waals surface area contributed by atoms with Gasteiger partial charge in [-0.1, -0.05) is 29.8 Å². The number of hydrogen-bond acceptors (Lipinski definition) is 1. The van der Waals surface area contributed by atoms with Crippen molar-refractivity contribution in [2.24, 2.45) is 0 Å². The van der Waals surface area contributed by atoms with E-state index < -0.39 is 6.30 Å². The fourth-order valence-electron chi connectivity index (χ4n) is 0.972. The summed E-state index contributed by atoms with van der Waals surface area (Å²) in [5.41, 5.74) is 0.467. The number of nitrogens with zero attached hydrogens (tertiary/aromatic N) is 1. The van der Waals surface area contributed by atoms with Crippen molar-refractivity contribution in [3.05, 3.63) is 34.9 Å². The molecule has 0 aromatic heterocycles. The van der Waals surface area contributed by atoms with Crippen LogP contribution in [-0.4, -0.2) is 18.2 Å². The Balaban J connectivity index is 2.75.